The molecule has 0 fully saturated rings. The maximum Gasteiger partial charge on any atom is 0.257 e. The van der Waals surface area contributed by atoms with Crippen LogP contribution in [0.3, 0.4) is 0 Å². The molecule has 3 rings (SSSR count). The van der Waals surface area contributed by atoms with Gasteiger partial charge in [-0.1, -0.05) is 25.1 Å². The van der Waals surface area contributed by atoms with Crippen molar-refractivity contribution >= 4 is 11.6 Å². The third kappa shape index (κ3) is 3.13. The van der Waals surface area contributed by atoms with Crippen LogP contribution in [0.25, 0.3) is 5.82 Å². The molecule has 0 atom stereocenters. The second-order valence-corrected chi connectivity index (χ2v) is 5.27. The van der Waals surface area contributed by atoms with Gasteiger partial charge in [0.25, 0.3) is 5.91 Å². The fourth-order valence-corrected chi connectivity index (χ4v) is 2.45. The number of carbonyl (C=O) groups is 1. The van der Waals surface area contributed by atoms with E-state index >= 15 is 0 Å². The highest BCUT2D eigenvalue weighted by Gasteiger charge is 2.11. The number of anilines is 1. The van der Waals surface area contributed by atoms with Gasteiger partial charge in [-0.3, -0.25) is 4.79 Å². The van der Waals surface area contributed by atoms with Crippen LogP contribution in [0.4, 0.5) is 5.69 Å². The molecule has 0 unspecified atom stereocenters. The summed E-state index contributed by atoms with van der Waals surface area (Å²) in [4.78, 5) is 16.7. The number of aryl methyl sites for hydroxylation is 2. The lowest BCUT2D eigenvalue weighted by molar-refractivity contribution is 0.102. The highest BCUT2D eigenvalue weighted by atomic mass is 16.1. The molecule has 0 aliphatic heterocycles. The van der Waals surface area contributed by atoms with Gasteiger partial charge in [-0.25, -0.2) is 9.67 Å². The van der Waals surface area contributed by atoms with Crippen molar-refractivity contribution in [3.8, 4) is 5.82 Å². The number of aromatic nitrogens is 3. The zero-order chi connectivity index (χ0) is 16.2. The van der Waals surface area contributed by atoms with Gasteiger partial charge in [0.15, 0.2) is 5.82 Å². The van der Waals surface area contributed by atoms with Gasteiger partial charge in [0.05, 0.1) is 5.56 Å². The third-order valence-electron chi connectivity index (χ3n) is 3.73. The number of nitrogens with zero attached hydrogens (tertiary/aromatic N) is 3. The van der Waals surface area contributed by atoms with Gasteiger partial charge < -0.3 is 5.32 Å². The van der Waals surface area contributed by atoms with E-state index in [-0.39, 0.29) is 5.91 Å². The van der Waals surface area contributed by atoms with Gasteiger partial charge in [0.2, 0.25) is 0 Å². The van der Waals surface area contributed by atoms with Crippen molar-refractivity contribution in [1.29, 1.82) is 0 Å². The lowest BCUT2D eigenvalue weighted by Crippen LogP contribution is -2.15. The molecule has 3 aromatic rings. The fraction of sp³-hybridized carbons (Fsp3) is 0.167. The topological polar surface area (TPSA) is 59.8 Å². The third-order valence-corrected chi connectivity index (χ3v) is 3.73. The molecule has 0 bridgehead atoms. The lowest BCUT2D eigenvalue weighted by Gasteiger charge is -2.13. The molecule has 1 amide bonds. The first-order chi connectivity index (χ1) is 11.2. The average Bonchev–Trinajstić information content (AvgIpc) is 3.11. The Kier molecular flexibility index (Phi) is 4.19. The predicted molar refractivity (Wildman–Crippen MR) is 89.9 cm³/mol. The first-order valence-electron chi connectivity index (χ1n) is 7.55. The van der Waals surface area contributed by atoms with Crippen LogP contribution in [0, 0.1) is 6.92 Å². The Morgan fingerprint density at radius 2 is 2.09 bits per heavy atom. The molecule has 2 heterocycles. The first-order valence-corrected chi connectivity index (χ1v) is 7.55. The van der Waals surface area contributed by atoms with Crippen LogP contribution in [0.5, 0.6) is 0 Å². The maximum atomic E-state index is 12.5. The summed E-state index contributed by atoms with van der Waals surface area (Å²) in [6.45, 7) is 4.07. The molecule has 0 saturated heterocycles. The molecule has 23 heavy (non-hydrogen) atoms. The molecular formula is C18H18N4O. The minimum Gasteiger partial charge on any atom is -0.321 e. The van der Waals surface area contributed by atoms with E-state index in [1.165, 1.54) is 0 Å². The highest BCUT2D eigenvalue weighted by molar-refractivity contribution is 6.04. The average molecular weight is 306 g/mol. The van der Waals surface area contributed by atoms with E-state index in [0.717, 1.165) is 23.2 Å². The second-order valence-electron chi connectivity index (χ2n) is 5.27. The van der Waals surface area contributed by atoms with Crippen LogP contribution in [-0.2, 0) is 6.42 Å². The van der Waals surface area contributed by atoms with Gasteiger partial charge in [0.1, 0.15) is 0 Å². The number of hydrogen-bond donors (Lipinski definition) is 1. The molecule has 0 radical (unpaired) electrons. The lowest BCUT2D eigenvalue weighted by atomic mass is 10.1. The quantitative estimate of drug-likeness (QED) is 0.803. The monoisotopic (exact) mass is 306 g/mol. The van der Waals surface area contributed by atoms with Crippen LogP contribution in [0.2, 0.25) is 0 Å². The molecule has 0 aliphatic carbocycles. The fourth-order valence-electron chi connectivity index (χ4n) is 2.45. The maximum absolute atomic E-state index is 12.5. The molecule has 0 saturated carbocycles. The van der Waals surface area contributed by atoms with Crippen molar-refractivity contribution in [3.63, 3.8) is 0 Å². The first kappa shape index (κ1) is 15.0. The molecule has 5 nitrogen and oxygen atoms in total. The van der Waals surface area contributed by atoms with E-state index in [2.05, 4.69) is 22.3 Å². The van der Waals surface area contributed by atoms with Crippen LogP contribution in [-0.4, -0.2) is 20.7 Å². The number of para-hydroxylation sites is 1. The molecule has 0 aliphatic rings. The molecule has 116 valence electrons. The zero-order valence-electron chi connectivity index (χ0n) is 13.2. The Morgan fingerprint density at radius 3 is 2.74 bits per heavy atom. The minimum atomic E-state index is -0.159. The van der Waals surface area contributed by atoms with Gasteiger partial charge in [0, 0.05) is 24.3 Å². The highest BCUT2D eigenvalue weighted by Crippen LogP contribution is 2.21. The van der Waals surface area contributed by atoms with Crippen LogP contribution < -0.4 is 5.32 Å². The summed E-state index contributed by atoms with van der Waals surface area (Å²) in [5.74, 6) is 0.519. The van der Waals surface area contributed by atoms with Gasteiger partial charge in [-0.05, 0) is 42.7 Å². The second kappa shape index (κ2) is 6.44. The van der Waals surface area contributed by atoms with Gasteiger partial charge in [-0.2, -0.15) is 5.10 Å². The summed E-state index contributed by atoms with van der Waals surface area (Å²) >= 11 is 0. The number of carbonyl (C=O) groups excluding carboxylic acids is 1. The number of nitrogens with one attached hydrogen (secondary N) is 1. The van der Waals surface area contributed by atoms with E-state index in [0.29, 0.717) is 11.4 Å². The van der Waals surface area contributed by atoms with Gasteiger partial charge >= 0.3 is 0 Å². The van der Waals surface area contributed by atoms with E-state index in [1.807, 2.05) is 37.4 Å². The standard InChI is InChI=1S/C18H18N4O/c1-3-14-7-4-6-13(2)17(14)21-18(23)15-8-9-16(19-12-15)22-11-5-10-20-22/h4-12H,3H2,1-2H3,(H,21,23). The van der Waals surface area contributed by atoms with Crippen molar-refractivity contribution in [2.75, 3.05) is 5.32 Å². The number of amides is 1. The number of pyridine rings is 1. The Hall–Kier alpha value is -2.95. The summed E-state index contributed by atoms with van der Waals surface area (Å²) in [6.07, 6.45) is 5.93. The summed E-state index contributed by atoms with van der Waals surface area (Å²) < 4.78 is 1.65. The van der Waals surface area contributed by atoms with E-state index in [1.54, 1.807) is 29.2 Å². The number of rotatable bonds is 4. The predicted octanol–water partition coefficient (Wildman–Crippen LogP) is 3.39. The molecule has 0 spiro atoms. The van der Waals surface area contributed by atoms with E-state index < -0.39 is 0 Å². The smallest absolute Gasteiger partial charge is 0.257 e. The van der Waals surface area contributed by atoms with Crippen molar-refractivity contribution in [2.24, 2.45) is 0 Å². The van der Waals surface area contributed by atoms with E-state index in [4.69, 9.17) is 0 Å². The van der Waals surface area contributed by atoms with E-state index in [9.17, 15) is 4.79 Å². The molecular weight excluding hydrogens is 288 g/mol. The van der Waals surface area contributed by atoms with Crippen LogP contribution in [0.1, 0.15) is 28.4 Å². The normalized spacial score (nSPS) is 10.5. The van der Waals surface area contributed by atoms with Crippen molar-refractivity contribution in [1.82, 2.24) is 14.8 Å². The van der Waals surface area contributed by atoms with Crippen molar-refractivity contribution in [2.45, 2.75) is 20.3 Å². The van der Waals surface area contributed by atoms with Crippen LogP contribution >= 0.6 is 0 Å². The zero-order valence-corrected chi connectivity index (χ0v) is 13.2. The molecule has 2 aromatic heterocycles. The van der Waals surface area contributed by atoms with Crippen molar-refractivity contribution < 1.29 is 4.79 Å². The Morgan fingerprint density at radius 1 is 1.22 bits per heavy atom. The summed E-state index contributed by atoms with van der Waals surface area (Å²) in [5, 5.41) is 7.12. The minimum absolute atomic E-state index is 0.159. The summed E-state index contributed by atoms with van der Waals surface area (Å²) in [5.41, 5.74) is 3.58. The summed E-state index contributed by atoms with van der Waals surface area (Å²) in [6, 6.07) is 11.4. The Balaban J connectivity index is 1.82. The molecule has 1 N–H and O–H groups in total. The molecule has 1 aromatic carbocycles. The molecule has 5 heteroatoms. The Bertz CT molecular complexity index is 808. The SMILES string of the molecule is CCc1cccc(C)c1NC(=O)c1ccc(-n2cccn2)nc1. The summed E-state index contributed by atoms with van der Waals surface area (Å²) in [7, 11) is 0. The van der Waals surface area contributed by atoms with Crippen LogP contribution in [0.15, 0.2) is 55.0 Å². The van der Waals surface area contributed by atoms with Crippen molar-refractivity contribution in [3.05, 3.63) is 71.7 Å². The number of benzene rings is 1. The Labute approximate surface area is 135 Å². The number of hydrogen-bond acceptors (Lipinski definition) is 3. The largest absolute Gasteiger partial charge is 0.321 e. The van der Waals surface area contributed by atoms with Gasteiger partial charge in [-0.15, -0.1) is 0 Å².